The second kappa shape index (κ2) is 9.90. The van der Waals surface area contributed by atoms with Gasteiger partial charge in [0.05, 0.1) is 31.5 Å². The lowest BCUT2D eigenvalue weighted by molar-refractivity contribution is 0.143. The highest BCUT2D eigenvalue weighted by Crippen LogP contribution is 2.38. The van der Waals surface area contributed by atoms with E-state index >= 15 is 0 Å². The summed E-state index contributed by atoms with van der Waals surface area (Å²) in [5.41, 5.74) is 4.29. The van der Waals surface area contributed by atoms with Crippen LogP contribution in [0.4, 0.5) is 5.69 Å². The number of methoxy groups -OCH3 is 1. The van der Waals surface area contributed by atoms with Crippen LogP contribution in [0.1, 0.15) is 12.8 Å². The van der Waals surface area contributed by atoms with Gasteiger partial charge in [-0.1, -0.05) is 35.9 Å². The van der Waals surface area contributed by atoms with Crippen molar-refractivity contribution in [3.05, 3.63) is 65.4 Å². The molecule has 178 valence electrons. The maximum atomic E-state index is 7.28. The molecular formula is C26H25ClN6O2. The van der Waals surface area contributed by atoms with E-state index in [-0.39, 0.29) is 0 Å². The molecule has 35 heavy (non-hydrogen) atoms. The summed E-state index contributed by atoms with van der Waals surface area (Å²) in [6, 6.07) is 9.61. The van der Waals surface area contributed by atoms with Crippen molar-refractivity contribution in [3.63, 3.8) is 0 Å². The lowest BCUT2D eigenvalue weighted by Gasteiger charge is -2.29. The fraction of sp³-hybridized carbons (Fsp3) is 0.308. The number of hydrogen-bond acceptors (Lipinski definition) is 6. The molecule has 0 spiro atoms. The van der Waals surface area contributed by atoms with Gasteiger partial charge in [-0.25, -0.2) is 14.8 Å². The van der Waals surface area contributed by atoms with Gasteiger partial charge in [-0.3, -0.25) is 4.40 Å². The average molecular weight is 489 g/mol. The molecule has 1 atom stereocenters. The molecule has 0 aliphatic carbocycles. The third-order valence-electron chi connectivity index (χ3n) is 6.24. The van der Waals surface area contributed by atoms with E-state index in [0.29, 0.717) is 46.5 Å². The predicted octanol–water partition coefficient (Wildman–Crippen LogP) is 5.39. The highest BCUT2D eigenvalue weighted by atomic mass is 35.5. The first-order valence-electron chi connectivity index (χ1n) is 11.4. The van der Waals surface area contributed by atoms with E-state index in [1.54, 1.807) is 30.6 Å². The zero-order valence-electron chi connectivity index (χ0n) is 19.6. The highest BCUT2D eigenvalue weighted by molar-refractivity contribution is 6.32. The molecule has 0 radical (unpaired) electrons. The third kappa shape index (κ3) is 4.65. The zero-order valence-corrected chi connectivity index (χ0v) is 20.4. The van der Waals surface area contributed by atoms with E-state index in [1.165, 1.54) is 13.5 Å². The number of benzene rings is 1. The van der Waals surface area contributed by atoms with Crippen LogP contribution in [0.15, 0.2) is 48.9 Å². The number of pyridine rings is 1. The number of hydrogen-bond donors (Lipinski definition) is 0. The molecule has 1 saturated heterocycles. The van der Waals surface area contributed by atoms with E-state index < -0.39 is 0 Å². The van der Waals surface area contributed by atoms with Crippen LogP contribution < -0.4 is 9.47 Å². The van der Waals surface area contributed by atoms with E-state index in [2.05, 4.69) is 26.8 Å². The fourth-order valence-electron chi connectivity index (χ4n) is 4.54. The predicted molar refractivity (Wildman–Crippen MR) is 135 cm³/mol. The maximum Gasteiger partial charge on any atom is 0.302 e. The van der Waals surface area contributed by atoms with Crippen molar-refractivity contribution in [1.29, 1.82) is 0 Å². The standard InChI is InChI=1S/C26H25ClN6O2/c1-28-20-8-6-18(7-9-20)23-22(19-13-21(27)25(34-3)30-14-19)24-29-10-12-33(24)26(31-23)35-16-17-5-4-11-32(2)15-17/h6-10,12-14,17H,4-5,11,15-16H2,2-3H3/t17-/m1/s1. The Morgan fingerprint density at radius 3 is 2.74 bits per heavy atom. The minimum absolute atomic E-state index is 0.350. The van der Waals surface area contributed by atoms with Crippen molar-refractivity contribution < 1.29 is 9.47 Å². The number of nitrogens with zero attached hydrogens (tertiary/aromatic N) is 6. The van der Waals surface area contributed by atoms with Gasteiger partial charge in [-0.2, -0.15) is 4.98 Å². The van der Waals surface area contributed by atoms with Crippen LogP contribution in [0.3, 0.4) is 0 Å². The summed E-state index contributed by atoms with van der Waals surface area (Å²) in [5.74, 6) is 0.794. The molecule has 1 fully saturated rings. The minimum atomic E-state index is 0.350. The van der Waals surface area contributed by atoms with Gasteiger partial charge >= 0.3 is 6.01 Å². The summed E-state index contributed by atoms with van der Waals surface area (Å²) in [6.07, 6.45) is 7.58. The molecule has 0 bridgehead atoms. The van der Waals surface area contributed by atoms with Gasteiger partial charge in [0.15, 0.2) is 11.3 Å². The van der Waals surface area contributed by atoms with Gasteiger partial charge in [0.25, 0.3) is 0 Å². The van der Waals surface area contributed by atoms with Gasteiger partial charge in [0, 0.05) is 36.6 Å². The summed E-state index contributed by atoms with van der Waals surface area (Å²) in [4.78, 5) is 19.8. The SMILES string of the molecule is [C-]#[N+]c1ccc(-c2nc(OC[C@@H]3CCCN(C)C3)n3ccnc3c2-c2cnc(OC)c(Cl)c2)cc1. The molecule has 0 N–H and O–H groups in total. The first kappa shape index (κ1) is 23.1. The summed E-state index contributed by atoms with van der Waals surface area (Å²) >= 11 is 6.42. The van der Waals surface area contributed by atoms with Crippen LogP contribution >= 0.6 is 11.6 Å². The molecule has 0 unspecified atom stereocenters. The Hall–Kier alpha value is -3.67. The molecular weight excluding hydrogens is 464 g/mol. The normalized spacial score (nSPS) is 16.2. The molecule has 4 aromatic rings. The van der Waals surface area contributed by atoms with Crippen molar-refractivity contribution in [2.45, 2.75) is 12.8 Å². The number of imidazole rings is 1. The Balaban J connectivity index is 1.63. The Bertz CT molecular complexity index is 1400. The summed E-state index contributed by atoms with van der Waals surface area (Å²) in [5, 5.41) is 0.394. The van der Waals surface area contributed by atoms with Crippen LogP contribution in [0.5, 0.6) is 11.9 Å². The van der Waals surface area contributed by atoms with Crippen LogP contribution in [-0.4, -0.2) is 58.1 Å². The van der Waals surface area contributed by atoms with Crippen LogP contribution in [0.2, 0.25) is 5.02 Å². The highest BCUT2D eigenvalue weighted by Gasteiger charge is 2.23. The Labute approximate surface area is 208 Å². The molecule has 0 saturated carbocycles. The van der Waals surface area contributed by atoms with Gasteiger partial charge < -0.3 is 14.4 Å². The molecule has 4 heterocycles. The molecule has 0 amide bonds. The third-order valence-corrected chi connectivity index (χ3v) is 6.51. The van der Waals surface area contributed by atoms with Crippen molar-refractivity contribution in [3.8, 4) is 34.3 Å². The van der Waals surface area contributed by atoms with Crippen LogP contribution in [-0.2, 0) is 0 Å². The number of rotatable bonds is 6. The lowest BCUT2D eigenvalue weighted by Crippen LogP contribution is -2.35. The van der Waals surface area contributed by atoms with Crippen molar-refractivity contribution >= 4 is 22.9 Å². The van der Waals surface area contributed by atoms with E-state index in [4.69, 9.17) is 32.6 Å². The number of fused-ring (bicyclic) bond motifs is 1. The molecule has 1 aromatic carbocycles. The quantitative estimate of drug-likeness (QED) is 0.339. The van der Waals surface area contributed by atoms with E-state index in [0.717, 1.165) is 36.2 Å². The van der Waals surface area contributed by atoms with Gasteiger partial charge in [-0.05, 0) is 38.1 Å². The second-order valence-electron chi connectivity index (χ2n) is 8.69. The number of aromatic nitrogens is 4. The van der Waals surface area contributed by atoms with Crippen LogP contribution in [0, 0.1) is 12.5 Å². The zero-order chi connectivity index (χ0) is 24.4. The number of likely N-dealkylation sites (tertiary alicyclic amines) is 1. The molecule has 1 aliphatic rings. The van der Waals surface area contributed by atoms with Gasteiger partial charge in [0.2, 0.25) is 5.88 Å². The monoisotopic (exact) mass is 488 g/mol. The number of halogens is 1. The largest absolute Gasteiger partial charge is 0.480 e. The summed E-state index contributed by atoms with van der Waals surface area (Å²) < 4.78 is 13.4. The Morgan fingerprint density at radius 2 is 2.03 bits per heavy atom. The first-order valence-corrected chi connectivity index (χ1v) is 11.8. The van der Waals surface area contributed by atoms with Crippen molar-refractivity contribution in [2.24, 2.45) is 5.92 Å². The number of piperidine rings is 1. The Kier molecular flexibility index (Phi) is 6.53. The topological polar surface area (TPSA) is 69.1 Å². The second-order valence-corrected chi connectivity index (χ2v) is 9.10. The van der Waals surface area contributed by atoms with E-state index in [1.807, 2.05) is 22.7 Å². The first-order chi connectivity index (χ1) is 17.1. The van der Waals surface area contributed by atoms with E-state index in [9.17, 15) is 0 Å². The van der Waals surface area contributed by atoms with Crippen LogP contribution in [0.25, 0.3) is 32.9 Å². The minimum Gasteiger partial charge on any atom is -0.480 e. The van der Waals surface area contributed by atoms with Gasteiger partial charge in [0.1, 0.15) is 5.02 Å². The van der Waals surface area contributed by atoms with Gasteiger partial charge in [-0.15, -0.1) is 0 Å². The summed E-state index contributed by atoms with van der Waals surface area (Å²) in [6.45, 7) is 9.99. The summed E-state index contributed by atoms with van der Waals surface area (Å²) in [7, 11) is 3.68. The number of ether oxygens (including phenoxy) is 2. The molecule has 9 heteroatoms. The lowest BCUT2D eigenvalue weighted by atomic mass is 10.00. The maximum absolute atomic E-state index is 7.28. The smallest absolute Gasteiger partial charge is 0.302 e. The fourth-order valence-corrected chi connectivity index (χ4v) is 4.78. The van der Waals surface area contributed by atoms with Crippen molar-refractivity contribution in [2.75, 3.05) is 33.9 Å². The molecule has 5 rings (SSSR count). The Morgan fingerprint density at radius 1 is 1.20 bits per heavy atom. The molecule has 1 aliphatic heterocycles. The van der Waals surface area contributed by atoms with Crippen molar-refractivity contribution in [1.82, 2.24) is 24.3 Å². The molecule has 8 nitrogen and oxygen atoms in total. The average Bonchev–Trinajstić information content (AvgIpc) is 3.37. The molecule has 3 aromatic heterocycles.